The second-order valence-electron chi connectivity index (χ2n) is 4.42. The molecule has 15 heavy (non-hydrogen) atoms. The maximum atomic E-state index is 12.7. The van der Waals surface area contributed by atoms with E-state index < -0.39 is 5.92 Å². The Bertz CT molecular complexity index is 174. The first-order valence-electron chi connectivity index (χ1n) is 5.73. The van der Waals surface area contributed by atoms with Crippen LogP contribution in [-0.2, 0) is 4.74 Å². The second-order valence-corrected chi connectivity index (χ2v) is 4.42. The molecule has 0 saturated carbocycles. The third kappa shape index (κ3) is 5.42. The standard InChI is InChI=1S/C11H21F2NO/c1-3-8-15-10-4-6-14(7-5-10)9-11(2,12)13/h10H,3-9H2,1-2H3. The van der Waals surface area contributed by atoms with Gasteiger partial charge in [0.15, 0.2) is 0 Å². The molecule has 4 heteroatoms. The lowest BCUT2D eigenvalue weighted by Gasteiger charge is -2.33. The van der Waals surface area contributed by atoms with Gasteiger partial charge in [0.25, 0.3) is 5.92 Å². The third-order valence-corrected chi connectivity index (χ3v) is 2.59. The molecule has 1 saturated heterocycles. The summed E-state index contributed by atoms with van der Waals surface area (Å²) in [5.41, 5.74) is 0. The molecule has 0 aromatic heterocycles. The summed E-state index contributed by atoms with van der Waals surface area (Å²) >= 11 is 0. The first-order chi connectivity index (χ1) is 7.01. The van der Waals surface area contributed by atoms with Crippen molar-refractivity contribution in [2.45, 2.75) is 45.1 Å². The van der Waals surface area contributed by atoms with E-state index in [1.54, 1.807) is 0 Å². The lowest BCUT2D eigenvalue weighted by molar-refractivity contribution is -0.0422. The average Bonchev–Trinajstić information content (AvgIpc) is 2.14. The molecule has 0 bridgehead atoms. The average molecular weight is 221 g/mol. The zero-order chi connectivity index (χ0) is 11.3. The smallest absolute Gasteiger partial charge is 0.257 e. The zero-order valence-corrected chi connectivity index (χ0v) is 9.64. The van der Waals surface area contributed by atoms with Crippen LogP contribution in [0.15, 0.2) is 0 Å². The van der Waals surface area contributed by atoms with Crippen molar-refractivity contribution in [1.82, 2.24) is 4.90 Å². The summed E-state index contributed by atoms with van der Waals surface area (Å²) < 4.78 is 31.1. The van der Waals surface area contributed by atoms with Crippen LogP contribution >= 0.6 is 0 Å². The monoisotopic (exact) mass is 221 g/mol. The van der Waals surface area contributed by atoms with E-state index in [2.05, 4.69) is 6.92 Å². The summed E-state index contributed by atoms with van der Waals surface area (Å²) in [6.07, 6.45) is 3.08. The van der Waals surface area contributed by atoms with Gasteiger partial charge in [0.1, 0.15) is 0 Å². The third-order valence-electron chi connectivity index (χ3n) is 2.59. The molecule has 2 nitrogen and oxygen atoms in total. The van der Waals surface area contributed by atoms with Gasteiger partial charge >= 0.3 is 0 Å². The van der Waals surface area contributed by atoms with Crippen LogP contribution in [0.2, 0.25) is 0 Å². The predicted molar refractivity (Wildman–Crippen MR) is 56.3 cm³/mol. The molecule has 0 atom stereocenters. The summed E-state index contributed by atoms with van der Waals surface area (Å²) in [6.45, 7) is 5.19. The van der Waals surface area contributed by atoms with Crippen molar-refractivity contribution in [3.05, 3.63) is 0 Å². The van der Waals surface area contributed by atoms with Crippen LogP contribution in [0, 0.1) is 0 Å². The molecule has 0 N–H and O–H groups in total. The highest BCUT2D eigenvalue weighted by Gasteiger charge is 2.28. The predicted octanol–water partition coefficient (Wildman–Crippen LogP) is 2.53. The normalized spacial score (nSPS) is 20.8. The molecule has 1 aliphatic heterocycles. The first kappa shape index (κ1) is 12.8. The summed E-state index contributed by atoms with van der Waals surface area (Å²) in [7, 11) is 0. The van der Waals surface area contributed by atoms with E-state index in [-0.39, 0.29) is 12.6 Å². The van der Waals surface area contributed by atoms with Gasteiger partial charge < -0.3 is 4.74 Å². The number of rotatable bonds is 5. The topological polar surface area (TPSA) is 12.5 Å². The van der Waals surface area contributed by atoms with Crippen molar-refractivity contribution in [2.24, 2.45) is 0 Å². The van der Waals surface area contributed by atoms with Crippen molar-refractivity contribution in [2.75, 3.05) is 26.2 Å². The van der Waals surface area contributed by atoms with Crippen LogP contribution in [0.3, 0.4) is 0 Å². The summed E-state index contributed by atoms with van der Waals surface area (Å²) in [4.78, 5) is 1.83. The number of likely N-dealkylation sites (tertiary alicyclic amines) is 1. The molecule has 0 aromatic rings. The zero-order valence-electron chi connectivity index (χ0n) is 9.64. The van der Waals surface area contributed by atoms with E-state index in [0.29, 0.717) is 0 Å². The summed E-state index contributed by atoms with van der Waals surface area (Å²) in [5.74, 6) is -2.57. The van der Waals surface area contributed by atoms with Crippen LogP contribution in [0.5, 0.6) is 0 Å². The van der Waals surface area contributed by atoms with Crippen LogP contribution in [0.25, 0.3) is 0 Å². The Hall–Kier alpha value is -0.220. The van der Waals surface area contributed by atoms with Gasteiger partial charge in [-0.15, -0.1) is 0 Å². The Morgan fingerprint density at radius 2 is 1.93 bits per heavy atom. The molecule has 0 unspecified atom stereocenters. The number of halogens is 2. The van der Waals surface area contributed by atoms with Crippen LogP contribution < -0.4 is 0 Å². The van der Waals surface area contributed by atoms with Gasteiger partial charge in [-0.1, -0.05) is 6.92 Å². The quantitative estimate of drug-likeness (QED) is 0.707. The minimum Gasteiger partial charge on any atom is -0.378 e. The fourth-order valence-corrected chi connectivity index (χ4v) is 1.91. The van der Waals surface area contributed by atoms with Gasteiger partial charge in [0.05, 0.1) is 12.6 Å². The fourth-order valence-electron chi connectivity index (χ4n) is 1.91. The number of hydrogen-bond donors (Lipinski definition) is 0. The van der Waals surface area contributed by atoms with Crippen LogP contribution in [-0.4, -0.2) is 43.2 Å². The highest BCUT2D eigenvalue weighted by Crippen LogP contribution is 2.19. The second kappa shape index (κ2) is 5.75. The van der Waals surface area contributed by atoms with Gasteiger partial charge in [-0.05, 0) is 19.3 Å². The molecule has 0 spiro atoms. The summed E-state index contributed by atoms with van der Waals surface area (Å²) in [5, 5.41) is 0. The van der Waals surface area contributed by atoms with Crippen molar-refractivity contribution in [3.8, 4) is 0 Å². The summed E-state index contributed by atoms with van der Waals surface area (Å²) in [6, 6.07) is 0. The van der Waals surface area contributed by atoms with Gasteiger partial charge in [0.2, 0.25) is 0 Å². The Morgan fingerprint density at radius 3 is 2.40 bits per heavy atom. The van der Waals surface area contributed by atoms with Crippen LogP contribution in [0.1, 0.15) is 33.1 Å². The van der Waals surface area contributed by atoms with Crippen molar-refractivity contribution in [3.63, 3.8) is 0 Å². The van der Waals surface area contributed by atoms with E-state index in [4.69, 9.17) is 4.74 Å². The Balaban J connectivity index is 2.18. The van der Waals surface area contributed by atoms with Crippen molar-refractivity contribution < 1.29 is 13.5 Å². The number of piperidine rings is 1. The minimum atomic E-state index is -2.57. The molecule has 0 aromatic carbocycles. The Kier molecular flexibility index (Phi) is 4.93. The van der Waals surface area contributed by atoms with E-state index in [1.165, 1.54) is 0 Å². The number of hydrogen-bond acceptors (Lipinski definition) is 2. The lowest BCUT2D eigenvalue weighted by Crippen LogP contribution is -2.42. The fraction of sp³-hybridized carbons (Fsp3) is 1.00. The van der Waals surface area contributed by atoms with Gasteiger partial charge in [-0.3, -0.25) is 4.90 Å². The highest BCUT2D eigenvalue weighted by atomic mass is 19.3. The maximum absolute atomic E-state index is 12.7. The molecule has 1 fully saturated rings. The van der Waals surface area contributed by atoms with Crippen molar-refractivity contribution >= 4 is 0 Å². The molecule has 0 amide bonds. The number of alkyl halides is 2. The molecular formula is C11H21F2NO. The van der Waals surface area contributed by atoms with E-state index in [9.17, 15) is 8.78 Å². The van der Waals surface area contributed by atoms with Crippen molar-refractivity contribution in [1.29, 1.82) is 0 Å². The molecule has 0 aliphatic carbocycles. The van der Waals surface area contributed by atoms with Gasteiger partial charge in [-0.2, -0.15) is 0 Å². The molecule has 1 heterocycles. The lowest BCUT2D eigenvalue weighted by atomic mass is 10.1. The van der Waals surface area contributed by atoms with Crippen LogP contribution in [0.4, 0.5) is 8.78 Å². The molecule has 1 rings (SSSR count). The first-order valence-corrected chi connectivity index (χ1v) is 5.73. The van der Waals surface area contributed by atoms with E-state index in [1.807, 2.05) is 4.90 Å². The highest BCUT2D eigenvalue weighted by molar-refractivity contribution is 4.75. The SMILES string of the molecule is CCCOC1CCN(CC(C)(F)F)CC1. The molecule has 90 valence electrons. The van der Waals surface area contributed by atoms with Gasteiger partial charge in [0, 0.05) is 26.6 Å². The van der Waals surface area contributed by atoms with Gasteiger partial charge in [-0.25, -0.2) is 8.78 Å². The molecule has 0 radical (unpaired) electrons. The largest absolute Gasteiger partial charge is 0.378 e. The van der Waals surface area contributed by atoms with E-state index in [0.717, 1.165) is 45.9 Å². The Labute approximate surface area is 90.6 Å². The minimum absolute atomic E-state index is 0.118. The Morgan fingerprint density at radius 1 is 1.33 bits per heavy atom. The molecular weight excluding hydrogens is 200 g/mol. The number of nitrogens with zero attached hydrogens (tertiary/aromatic N) is 1. The maximum Gasteiger partial charge on any atom is 0.257 e. The molecule has 1 aliphatic rings. The number of ether oxygens (including phenoxy) is 1. The van der Waals surface area contributed by atoms with E-state index >= 15 is 0 Å².